The third-order valence-corrected chi connectivity index (χ3v) is 12.8. The van der Waals surface area contributed by atoms with Gasteiger partial charge in [-0.05, 0) is 87.1 Å². The van der Waals surface area contributed by atoms with Gasteiger partial charge in [-0.3, -0.25) is 29.2 Å². The van der Waals surface area contributed by atoms with Crippen LogP contribution < -0.4 is 14.2 Å². The zero-order chi connectivity index (χ0) is 49.4. The van der Waals surface area contributed by atoms with Gasteiger partial charge in [-0.1, -0.05) is 45.6 Å². The van der Waals surface area contributed by atoms with Crippen LogP contribution in [0.1, 0.15) is 102 Å². The molecule has 70 heavy (non-hydrogen) atoms. The molecule has 0 fully saturated rings. The van der Waals surface area contributed by atoms with Gasteiger partial charge >= 0.3 is 0 Å². The van der Waals surface area contributed by atoms with E-state index in [1.54, 1.807) is 28.1 Å². The minimum Gasteiger partial charge on any atom is -0.493 e. The molecule has 3 aromatic rings. The van der Waals surface area contributed by atoms with Crippen molar-refractivity contribution in [3.63, 3.8) is 0 Å². The summed E-state index contributed by atoms with van der Waals surface area (Å²) in [4.78, 5) is 63.9. The summed E-state index contributed by atoms with van der Waals surface area (Å²) in [5.41, 5.74) is 7.45. The first-order valence-corrected chi connectivity index (χ1v) is 25.2. The van der Waals surface area contributed by atoms with Crippen molar-refractivity contribution in [1.82, 2.24) is 9.80 Å². The van der Waals surface area contributed by atoms with Crippen LogP contribution in [0.3, 0.4) is 0 Å². The number of ether oxygens (including phenoxy) is 7. The van der Waals surface area contributed by atoms with Crippen LogP contribution in [0.4, 0.5) is 11.4 Å². The maximum Gasteiger partial charge on any atom is 0.260 e. The number of hydrogen-bond acceptors (Lipinski definition) is 13. The van der Waals surface area contributed by atoms with E-state index in [-0.39, 0.29) is 61.5 Å². The molecular weight excluding hydrogens is 1010 g/mol. The van der Waals surface area contributed by atoms with Crippen LogP contribution in [0.5, 0.6) is 17.2 Å². The summed E-state index contributed by atoms with van der Waals surface area (Å²) >= 11 is 2.07. The van der Waals surface area contributed by atoms with E-state index in [0.29, 0.717) is 110 Å². The lowest BCUT2D eigenvalue weighted by molar-refractivity contribution is -0.120. The fourth-order valence-electron chi connectivity index (χ4n) is 8.32. The molecule has 0 unspecified atom stereocenters. The summed E-state index contributed by atoms with van der Waals surface area (Å²) in [6, 6.07) is 12.7. The van der Waals surface area contributed by atoms with Crippen LogP contribution in [0, 0.1) is 18.8 Å². The van der Waals surface area contributed by atoms with Gasteiger partial charge in [0.05, 0.1) is 92.4 Å². The predicted octanol–water partition coefficient (Wildman–Crippen LogP) is 8.77. The number of nitrogens with zero attached hydrogens (tertiary/aromatic N) is 4. The molecule has 0 bridgehead atoms. The van der Waals surface area contributed by atoms with Gasteiger partial charge in [0.2, 0.25) is 0 Å². The summed E-state index contributed by atoms with van der Waals surface area (Å²) < 4.78 is 41.2. The van der Waals surface area contributed by atoms with Crippen molar-refractivity contribution in [2.24, 2.45) is 9.98 Å². The molecule has 15 nitrogen and oxygen atoms in total. The smallest absolute Gasteiger partial charge is 0.260 e. The van der Waals surface area contributed by atoms with Gasteiger partial charge in [0.1, 0.15) is 30.5 Å². The van der Waals surface area contributed by atoms with Gasteiger partial charge in [-0.15, -0.1) is 0 Å². The van der Waals surface area contributed by atoms with Crippen molar-refractivity contribution in [1.29, 1.82) is 0 Å². The molecule has 7 rings (SSSR count). The fourth-order valence-corrected chi connectivity index (χ4v) is 8.70. The maximum absolute atomic E-state index is 13.6. The zero-order valence-corrected chi connectivity index (χ0v) is 42.5. The largest absolute Gasteiger partial charge is 0.493 e. The fraction of sp³-hybridized carbons (Fsp3) is 0.444. The molecule has 2 atom stereocenters. The summed E-state index contributed by atoms with van der Waals surface area (Å²) in [5, 5.41) is 0. The highest BCUT2D eigenvalue weighted by atomic mass is 127. The van der Waals surface area contributed by atoms with Crippen LogP contribution >= 0.6 is 22.6 Å². The van der Waals surface area contributed by atoms with Crippen molar-refractivity contribution in [3.8, 4) is 29.1 Å². The number of amides is 2. The number of Topliss-reactive ketones (excluding diaryl/α,β-unsaturated/α-hetero) is 2. The normalized spacial score (nSPS) is 16.6. The Morgan fingerprint density at radius 2 is 1.19 bits per heavy atom. The summed E-state index contributed by atoms with van der Waals surface area (Å²) in [6.45, 7) is 9.70. The van der Waals surface area contributed by atoms with E-state index < -0.39 is 0 Å². The van der Waals surface area contributed by atoms with Crippen molar-refractivity contribution in [2.75, 3.05) is 64.4 Å². The number of aryl methyl sites for hydroxylation is 1. The molecule has 370 valence electrons. The molecule has 3 aromatic carbocycles. The number of carbonyl (C=O) groups is 4. The van der Waals surface area contributed by atoms with Crippen LogP contribution in [0.25, 0.3) is 0 Å². The van der Waals surface area contributed by atoms with Crippen LogP contribution in [0.2, 0.25) is 0 Å². The average molecular weight is 1070 g/mol. The molecule has 0 aliphatic carbocycles. The second-order valence-corrected chi connectivity index (χ2v) is 18.3. The first kappa shape index (κ1) is 52.1. The predicted molar refractivity (Wildman–Crippen MR) is 274 cm³/mol. The van der Waals surface area contributed by atoms with Gasteiger partial charge in [0.25, 0.3) is 11.8 Å². The van der Waals surface area contributed by atoms with E-state index in [9.17, 15) is 19.2 Å². The Balaban J connectivity index is 0.932. The molecular formula is C54H61IN4O11. The molecule has 0 saturated heterocycles. The summed E-state index contributed by atoms with van der Waals surface area (Å²) in [6.07, 6.45) is 11.1. The summed E-state index contributed by atoms with van der Waals surface area (Å²) in [5.74, 6) is 7.92. The lowest BCUT2D eigenvalue weighted by Crippen LogP contribution is -2.32. The van der Waals surface area contributed by atoms with E-state index in [2.05, 4.69) is 39.4 Å². The van der Waals surface area contributed by atoms with Gasteiger partial charge in [0.15, 0.2) is 11.5 Å². The van der Waals surface area contributed by atoms with Gasteiger partial charge in [-0.2, -0.15) is 0 Å². The number of ketones is 2. The number of halogens is 1. The standard InChI is InChI=1S/C54H61IN4O11/c1-36-20-42-30-56-48-27-50(38(3)22-46(48)53(62)58(42)32-36)69-34-40-23-39(8-5-6-9-44(60)11-13-66-15-17-68-19-18-67-16-14-65-12-7-10-45(61)29-55)24-41(25-40)35-70-52-28-49-47(26-51(52)64-4)54(63)59-33-37(2)21-43(59)31-57-49/h22-28,30-33,42-43H,6-7,9-21,29,34-35H2,1-4H3/t42-,43-/m0/s1. The Bertz CT molecular complexity index is 2600. The average Bonchev–Trinajstić information content (AvgIpc) is 3.87. The number of methoxy groups -OCH3 is 1. The van der Waals surface area contributed by atoms with Gasteiger partial charge in [-0.25, -0.2) is 0 Å². The number of aliphatic imine (C=N–C) groups is 2. The molecule has 0 radical (unpaired) electrons. The lowest BCUT2D eigenvalue weighted by atomic mass is 10.1. The Kier molecular flexibility index (Phi) is 19.3. The third-order valence-electron chi connectivity index (χ3n) is 11.9. The minimum atomic E-state index is -0.145. The highest BCUT2D eigenvalue weighted by molar-refractivity contribution is 14.1. The maximum atomic E-state index is 13.6. The van der Waals surface area contributed by atoms with Crippen LogP contribution in [-0.2, 0) is 41.8 Å². The molecule has 4 heterocycles. The Morgan fingerprint density at radius 1 is 0.643 bits per heavy atom. The van der Waals surface area contributed by atoms with Crippen LogP contribution in [-0.4, -0.2) is 122 Å². The Hall–Kier alpha value is -5.71. The number of fused-ring (bicyclic) bond motifs is 4. The molecule has 4 aliphatic heterocycles. The quantitative estimate of drug-likeness (QED) is 0.0327. The van der Waals surface area contributed by atoms with E-state index in [1.165, 1.54) is 7.11 Å². The number of alkyl halides is 1. The second kappa shape index (κ2) is 25.9. The molecule has 0 aromatic heterocycles. The third kappa shape index (κ3) is 14.4. The van der Waals surface area contributed by atoms with E-state index in [1.807, 2.05) is 69.7 Å². The van der Waals surface area contributed by atoms with Crippen molar-refractivity contribution in [2.45, 2.75) is 91.0 Å². The lowest BCUT2D eigenvalue weighted by Gasteiger charge is -2.19. The number of benzene rings is 3. The van der Waals surface area contributed by atoms with Gasteiger partial charge in [0, 0.05) is 74.8 Å². The highest BCUT2D eigenvalue weighted by Crippen LogP contribution is 2.39. The Labute approximate surface area is 423 Å². The first-order chi connectivity index (χ1) is 34.0. The molecule has 0 spiro atoms. The molecule has 0 N–H and O–H groups in total. The Morgan fingerprint density at radius 3 is 1.77 bits per heavy atom. The zero-order valence-electron chi connectivity index (χ0n) is 40.4. The summed E-state index contributed by atoms with van der Waals surface area (Å²) in [7, 11) is 1.54. The topological polar surface area (TPSA) is 164 Å². The number of rotatable bonds is 26. The first-order valence-electron chi connectivity index (χ1n) is 23.7. The second-order valence-electron chi connectivity index (χ2n) is 17.6. The SMILES string of the molecule is COc1cc2c(cc1OCc1cc(C#CCCC(=O)CCOCCOCCOCCOCCCC(=O)CI)cc(COc3cc4c(cc3C)C(=O)N3C=C(C)C[C@H]3C=N4)c1)N=C[C@@H]1CC(C)=CN1C2=O. The highest BCUT2D eigenvalue weighted by Gasteiger charge is 2.33. The number of hydrogen-bond donors (Lipinski definition) is 0. The minimum absolute atomic E-state index is 0.0560. The van der Waals surface area contributed by atoms with Gasteiger partial charge < -0.3 is 43.0 Å². The van der Waals surface area contributed by atoms with Crippen molar-refractivity contribution >= 4 is 69.8 Å². The molecule has 0 saturated carbocycles. The van der Waals surface area contributed by atoms with E-state index in [4.69, 9.17) is 38.2 Å². The van der Waals surface area contributed by atoms with Crippen LogP contribution in [0.15, 0.2) is 76.0 Å². The molecule has 4 aliphatic rings. The molecule has 16 heteroatoms. The monoisotopic (exact) mass is 1070 g/mol. The molecule has 2 amide bonds. The van der Waals surface area contributed by atoms with Crippen molar-refractivity contribution < 1.29 is 52.3 Å². The van der Waals surface area contributed by atoms with E-state index >= 15 is 0 Å². The van der Waals surface area contributed by atoms with Crippen molar-refractivity contribution in [3.05, 3.63) is 99.4 Å². The van der Waals surface area contributed by atoms with E-state index in [0.717, 1.165) is 52.7 Å². The number of carbonyl (C=O) groups excluding carboxylic acids is 4.